The zero-order chi connectivity index (χ0) is 63.4. The minimum absolute atomic E-state index is 0.0616. The molecule has 0 aromatic heterocycles. The maximum absolute atomic E-state index is 13.0. The van der Waals surface area contributed by atoms with Gasteiger partial charge in [0, 0.05) is 19.4 Å². The van der Waals surface area contributed by atoms with E-state index in [1.54, 1.807) is 0 Å². The summed E-state index contributed by atoms with van der Waals surface area (Å²) in [5, 5.41) is 176. The van der Waals surface area contributed by atoms with Gasteiger partial charge in [0.05, 0.1) is 45.2 Å². The summed E-state index contributed by atoms with van der Waals surface area (Å²) in [4.78, 5) is 13.0. The summed E-state index contributed by atoms with van der Waals surface area (Å²) in [6.45, 7) is 6.73. The molecule has 30 heteroatoms. The molecule has 4 saturated carbocycles. The molecule has 0 aromatic carbocycles. The summed E-state index contributed by atoms with van der Waals surface area (Å²) in [6.07, 6.45) is -37.3. The number of rotatable bonds is 15. The Kier molecular flexibility index (Phi) is 20.4. The van der Waals surface area contributed by atoms with Crippen molar-refractivity contribution in [3.05, 3.63) is 0 Å². The van der Waals surface area contributed by atoms with Gasteiger partial charge in [-0.3, -0.25) is 10.1 Å². The lowest BCUT2D eigenvalue weighted by atomic mass is 9.44. The molecule has 506 valence electrons. The number of ether oxygens (including phenoxy) is 12. The summed E-state index contributed by atoms with van der Waals surface area (Å²) >= 11 is 0. The second kappa shape index (κ2) is 26.5. The molecule has 0 bridgehead atoms. The van der Waals surface area contributed by atoms with Crippen molar-refractivity contribution in [2.75, 3.05) is 39.6 Å². The van der Waals surface area contributed by atoms with Gasteiger partial charge in [0.2, 0.25) is 0 Å². The fourth-order valence-corrected chi connectivity index (χ4v) is 18.0. The summed E-state index contributed by atoms with van der Waals surface area (Å²) in [5.74, 6) is 0.294. The highest BCUT2D eigenvalue weighted by molar-refractivity contribution is 5.66. The van der Waals surface area contributed by atoms with Crippen LogP contribution in [-0.4, -0.2) is 305 Å². The first-order chi connectivity index (χ1) is 41.7. The predicted molar refractivity (Wildman–Crippen MR) is 289 cm³/mol. The van der Waals surface area contributed by atoms with Gasteiger partial charge >= 0.3 is 5.97 Å². The van der Waals surface area contributed by atoms with Crippen LogP contribution < -0.4 is 5.32 Å². The summed E-state index contributed by atoms with van der Waals surface area (Å²) in [7, 11) is 0. The zero-order valence-electron chi connectivity index (χ0n) is 50.1. The van der Waals surface area contributed by atoms with E-state index < -0.39 is 210 Å². The van der Waals surface area contributed by atoms with E-state index in [1.807, 2.05) is 6.92 Å². The van der Waals surface area contributed by atoms with E-state index in [1.165, 1.54) is 6.92 Å². The van der Waals surface area contributed by atoms with Crippen LogP contribution in [0.5, 0.6) is 0 Å². The Labute approximate surface area is 508 Å². The van der Waals surface area contributed by atoms with Crippen molar-refractivity contribution in [3.63, 3.8) is 0 Å². The molecular weight excluding hydrogens is 1170 g/mol. The minimum atomic E-state index is -2.03. The van der Waals surface area contributed by atoms with Crippen LogP contribution in [0.1, 0.15) is 86.0 Å². The molecule has 7 aliphatic heterocycles. The third-order valence-corrected chi connectivity index (χ3v) is 22.8. The Balaban J connectivity index is 0.751. The van der Waals surface area contributed by atoms with Crippen molar-refractivity contribution in [2.45, 2.75) is 264 Å². The Hall–Kier alpha value is -1.65. The van der Waals surface area contributed by atoms with E-state index in [4.69, 9.17) is 56.8 Å². The van der Waals surface area contributed by atoms with Crippen LogP contribution in [0.2, 0.25) is 0 Å². The zero-order valence-corrected chi connectivity index (χ0v) is 50.1. The number of carbonyl (C=O) groups excluding carboxylic acids is 1. The van der Waals surface area contributed by atoms with Gasteiger partial charge in [-0.25, -0.2) is 0 Å². The topological polar surface area (TPSA) is 464 Å². The number of nitrogens with one attached hydrogen (secondary N) is 1. The number of fused-ring (bicyclic) bond motifs is 7. The maximum atomic E-state index is 13.0. The Morgan fingerprint density at radius 2 is 1.06 bits per heavy atom. The van der Waals surface area contributed by atoms with Crippen LogP contribution in [0.25, 0.3) is 0 Å². The number of carbonyl (C=O) groups is 1. The standard InChI is InChI=1S/C58H95NO29/c1-20-14-59-58(50(78-22(3)64)46(20)84-53-43(74)39(70)36(67)30(15-60)80-53)21(2)34-29(88-58)13-27-25-7-6-23-12-24(8-10-56(23,4)26(25)9-11-57(27,34)5)79-52-45(76)41(72)47(33(18-63)83-52)85-55-49(87-54-44(75)40(71)37(68)31(16-61)81-54)48(38(69)32(17-62)82-55)86-51-42(73)35(66)28(65)19-77-51/h20-21,23-55,59-63,65-76H,6-19H2,1-5H3/t20-,21-,23-,24-,25+,26+,27+,28+,29+,30+,31+,32+,33+,34-,35-,36+,37+,38+,39-,40-,41+,42+,43+,44+,45+,46+,47-,48-,49+,50-,51-,52+,53+,54-,55-,56-,57-,58-/m0/s1. The molecule has 1 spiro atoms. The van der Waals surface area contributed by atoms with Crippen molar-refractivity contribution < 1.29 is 143 Å². The third-order valence-electron chi connectivity index (χ3n) is 22.8. The first kappa shape index (κ1) is 67.8. The van der Waals surface area contributed by atoms with Gasteiger partial charge in [0.1, 0.15) is 122 Å². The van der Waals surface area contributed by atoms with Crippen LogP contribution in [0.3, 0.4) is 0 Å². The fraction of sp³-hybridized carbons (Fsp3) is 0.983. The first-order valence-electron chi connectivity index (χ1n) is 31.5. The smallest absolute Gasteiger partial charge is 0.303 e. The molecule has 17 N–H and O–H groups in total. The molecule has 11 fully saturated rings. The van der Waals surface area contributed by atoms with Crippen LogP contribution in [0.4, 0.5) is 0 Å². The van der Waals surface area contributed by atoms with Gasteiger partial charge in [-0.1, -0.05) is 27.7 Å². The lowest BCUT2D eigenvalue weighted by Crippen LogP contribution is -2.71. The number of hydrogen-bond donors (Lipinski definition) is 17. The largest absolute Gasteiger partial charge is 0.455 e. The highest BCUT2D eigenvalue weighted by Gasteiger charge is 2.72. The maximum Gasteiger partial charge on any atom is 0.303 e. The van der Waals surface area contributed by atoms with Crippen LogP contribution in [0, 0.1) is 52.3 Å². The number of piperidine rings is 1. The molecule has 0 amide bonds. The fourth-order valence-electron chi connectivity index (χ4n) is 18.0. The third kappa shape index (κ3) is 11.7. The molecule has 38 atom stereocenters. The molecule has 30 nitrogen and oxygen atoms in total. The first-order valence-corrected chi connectivity index (χ1v) is 31.5. The van der Waals surface area contributed by atoms with Gasteiger partial charge in [-0.2, -0.15) is 0 Å². The molecular formula is C58H95NO29. The molecule has 11 aliphatic rings. The average molecular weight is 1270 g/mol. The van der Waals surface area contributed by atoms with Gasteiger partial charge in [-0.15, -0.1) is 0 Å². The Morgan fingerprint density at radius 1 is 0.523 bits per heavy atom. The molecule has 0 radical (unpaired) electrons. The lowest BCUT2D eigenvalue weighted by molar-refractivity contribution is -0.404. The van der Waals surface area contributed by atoms with Crippen molar-refractivity contribution in [1.82, 2.24) is 5.32 Å². The van der Waals surface area contributed by atoms with Gasteiger partial charge in [-0.05, 0) is 97.7 Å². The second-order valence-electron chi connectivity index (χ2n) is 27.6. The average Bonchev–Trinajstić information content (AvgIpc) is 1.50. The van der Waals surface area contributed by atoms with Crippen molar-refractivity contribution in [1.29, 1.82) is 0 Å². The molecule has 7 saturated heterocycles. The molecule has 88 heavy (non-hydrogen) atoms. The molecule has 0 unspecified atom stereocenters. The van der Waals surface area contributed by atoms with Crippen molar-refractivity contribution in [3.8, 4) is 0 Å². The number of aliphatic hydroxyl groups is 16. The van der Waals surface area contributed by atoms with E-state index in [0.717, 1.165) is 38.5 Å². The molecule has 0 aromatic rings. The molecule has 4 aliphatic carbocycles. The van der Waals surface area contributed by atoms with Gasteiger partial charge in [0.25, 0.3) is 0 Å². The van der Waals surface area contributed by atoms with Crippen LogP contribution in [0.15, 0.2) is 0 Å². The van der Waals surface area contributed by atoms with E-state index in [-0.39, 0.29) is 40.6 Å². The summed E-state index contributed by atoms with van der Waals surface area (Å²) in [6, 6.07) is 0. The van der Waals surface area contributed by atoms with Crippen molar-refractivity contribution >= 4 is 5.97 Å². The second-order valence-corrected chi connectivity index (χ2v) is 27.6. The SMILES string of the molecule is CC(=O)O[C@H]1[C@H](O[C@H]2O[C@H](CO)[C@@H](O)[C@H](O)[C@H]2O)[C@@H](C)CN[C@@]12O[C@@H]1C[C@@H]3[C@@H]4CC[C@H]5C[C@@H](O[C@@H]6O[C@H](CO)[C@H](O[C@@H]7O[C@H](CO)[C@@H](O)[C@H](O[C@@H]8OC[C@@H](O)[C@H](O)[C@H]8O)[C@H]7O[C@@H]7O[C@H](CO)[C@@H](O)[C@H](O)[C@H]7O)[C@H](O)[C@H]6O)CC[C@]5(C)[C@@H]4CC[C@]3(C)[C@H]1[C@@H]2C. The van der Waals surface area contributed by atoms with Gasteiger partial charge in [0.15, 0.2) is 43.3 Å². The lowest BCUT2D eigenvalue weighted by Gasteiger charge is -2.61. The van der Waals surface area contributed by atoms with Gasteiger partial charge < -0.3 is 139 Å². The number of esters is 1. The quantitative estimate of drug-likeness (QED) is 0.0536. The highest BCUT2D eigenvalue weighted by Crippen LogP contribution is 2.71. The monoisotopic (exact) mass is 1270 g/mol. The van der Waals surface area contributed by atoms with E-state index in [9.17, 15) is 86.5 Å². The number of hydrogen-bond acceptors (Lipinski definition) is 30. The normalized spacial score (nSPS) is 56.4. The summed E-state index contributed by atoms with van der Waals surface area (Å²) < 4.78 is 73.6. The van der Waals surface area contributed by atoms with E-state index >= 15 is 0 Å². The van der Waals surface area contributed by atoms with E-state index in [2.05, 4.69) is 26.1 Å². The van der Waals surface area contributed by atoms with Crippen LogP contribution >= 0.6 is 0 Å². The molecule has 11 rings (SSSR count). The Bertz CT molecular complexity index is 2350. The number of aliphatic hydroxyl groups excluding tert-OH is 16. The van der Waals surface area contributed by atoms with Crippen molar-refractivity contribution in [2.24, 2.45) is 52.3 Å². The predicted octanol–water partition coefficient (Wildman–Crippen LogP) is -6.36. The highest BCUT2D eigenvalue weighted by atomic mass is 16.8. The van der Waals surface area contributed by atoms with E-state index in [0.29, 0.717) is 37.1 Å². The molecule has 7 heterocycles. The summed E-state index contributed by atoms with van der Waals surface area (Å²) in [5.41, 5.74) is -1.41. The van der Waals surface area contributed by atoms with Crippen LogP contribution in [-0.2, 0) is 61.6 Å². The Morgan fingerprint density at radius 3 is 1.68 bits per heavy atom. The minimum Gasteiger partial charge on any atom is -0.455 e.